The van der Waals surface area contributed by atoms with Crippen LogP contribution in [0.3, 0.4) is 0 Å². The zero-order valence-electron chi connectivity index (χ0n) is 12.8. The summed E-state index contributed by atoms with van der Waals surface area (Å²) in [6.45, 7) is 4.57. The maximum atomic E-state index is 12.5. The van der Waals surface area contributed by atoms with E-state index in [2.05, 4.69) is 4.90 Å². The molecule has 0 N–H and O–H groups in total. The molecule has 0 radical (unpaired) electrons. The third-order valence-corrected chi connectivity index (χ3v) is 4.72. The lowest BCUT2D eigenvalue weighted by atomic mass is 10.1. The highest BCUT2D eigenvalue weighted by atomic mass is 35.5. The summed E-state index contributed by atoms with van der Waals surface area (Å²) < 4.78 is 5.82. The van der Waals surface area contributed by atoms with Gasteiger partial charge in [-0.25, -0.2) is 0 Å². The first-order valence-electron chi connectivity index (χ1n) is 8.09. The van der Waals surface area contributed by atoms with E-state index in [-0.39, 0.29) is 12.0 Å². The first-order valence-corrected chi connectivity index (χ1v) is 8.47. The Bertz CT molecular complexity index is 500. The average molecular weight is 323 g/mol. The summed E-state index contributed by atoms with van der Waals surface area (Å²) in [6, 6.07) is 7.70. The second-order valence-electron chi connectivity index (χ2n) is 6.09. The van der Waals surface area contributed by atoms with Crippen molar-refractivity contribution in [1.82, 2.24) is 9.80 Å². The quantitative estimate of drug-likeness (QED) is 0.858. The summed E-state index contributed by atoms with van der Waals surface area (Å²) >= 11 is 5.93. The highest BCUT2D eigenvalue weighted by Crippen LogP contribution is 2.24. The van der Waals surface area contributed by atoms with Gasteiger partial charge < -0.3 is 9.64 Å². The number of carbonyl (C=O) groups excluding carboxylic acids is 1. The van der Waals surface area contributed by atoms with Gasteiger partial charge in [0.05, 0.1) is 19.7 Å². The molecule has 0 bridgehead atoms. The normalized spacial score (nSPS) is 23.5. The summed E-state index contributed by atoms with van der Waals surface area (Å²) in [6.07, 6.45) is 3.67. The van der Waals surface area contributed by atoms with E-state index in [4.69, 9.17) is 16.3 Å². The molecule has 3 rings (SSSR count). The van der Waals surface area contributed by atoms with Gasteiger partial charge in [0.1, 0.15) is 6.10 Å². The number of amides is 1. The Hall–Kier alpha value is -1.10. The highest BCUT2D eigenvalue weighted by Gasteiger charge is 2.26. The molecule has 0 aromatic heterocycles. The van der Waals surface area contributed by atoms with E-state index < -0.39 is 0 Å². The number of carbonyl (C=O) groups is 1. The number of nitrogens with zero attached hydrogens (tertiary/aromatic N) is 2. The van der Waals surface area contributed by atoms with Crippen LogP contribution < -0.4 is 0 Å². The molecule has 4 nitrogen and oxygen atoms in total. The van der Waals surface area contributed by atoms with Crippen LogP contribution in [0.4, 0.5) is 0 Å². The van der Waals surface area contributed by atoms with Crippen molar-refractivity contribution in [3.63, 3.8) is 0 Å². The predicted octanol–water partition coefficient (Wildman–Crippen LogP) is 2.73. The van der Waals surface area contributed by atoms with Gasteiger partial charge in [-0.15, -0.1) is 0 Å². The second kappa shape index (κ2) is 7.44. The summed E-state index contributed by atoms with van der Waals surface area (Å²) in [5.74, 6) is 0.226. The molecule has 2 saturated heterocycles. The molecule has 2 aliphatic rings. The zero-order chi connectivity index (χ0) is 15.4. The van der Waals surface area contributed by atoms with Crippen molar-refractivity contribution in [3.8, 4) is 0 Å². The molecule has 2 aliphatic heterocycles. The lowest BCUT2D eigenvalue weighted by Gasteiger charge is -2.35. The predicted molar refractivity (Wildman–Crippen MR) is 87.0 cm³/mol. The van der Waals surface area contributed by atoms with E-state index >= 15 is 0 Å². The van der Waals surface area contributed by atoms with Crippen molar-refractivity contribution < 1.29 is 9.53 Å². The van der Waals surface area contributed by atoms with Crippen LogP contribution in [0.15, 0.2) is 24.3 Å². The van der Waals surface area contributed by atoms with Crippen LogP contribution in [0, 0.1) is 0 Å². The molecule has 2 fully saturated rings. The molecule has 1 atom stereocenters. The molecule has 1 aromatic carbocycles. The Labute approximate surface area is 137 Å². The van der Waals surface area contributed by atoms with E-state index in [0.717, 1.165) is 23.7 Å². The number of rotatable bonds is 3. The molecule has 1 aromatic rings. The summed E-state index contributed by atoms with van der Waals surface area (Å²) in [5.41, 5.74) is 1.08. The minimum atomic E-state index is -0.0451. The maximum absolute atomic E-state index is 12.5. The van der Waals surface area contributed by atoms with Crippen molar-refractivity contribution in [2.24, 2.45) is 0 Å². The molecule has 1 amide bonds. The van der Waals surface area contributed by atoms with Gasteiger partial charge in [-0.05, 0) is 43.6 Å². The van der Waals surface area contributed by atoms with Gasteiger partial charge in [0.25, 0.3) is 0 Å². The fourth-order valence-corrected chi connectivity index (χ4v) is 3.29. The fraction of sp³-hybridized carbons (Fsp3) is 0.588. The topological polar surface area (TPSA) is 32.8 Å². The minimum Gasteiger partial charge on any atom is -0.370 e. The van der Waals surface area contributed by atoms with Crippen molar-refractivity contribution >= 4 is 17.5 Å². The van der Waals surface area contributed by atoms with Crippen molar-refractivity contribution in [3.05, 3.63) is 34.9 Å². The lowest BCUT2D eigenvalue weighted by molar-refractivity contribution is -0.140. The molecule has 0 unspecified atom stereocenters. The van der Waals surface area contributed by atoms with Gasteiger partial charge in [-0.1, -0.05) is 30.2 Å². The molecule has 0 spiro atoms. The van der Waals surface area contributed by atoms with Crippen LogP contribution in [0.1, 0.15) is 30.9 Å². The highest BCUT2D eigenvalue weighted by molar-refractivity contribution is 6.30. The van der Waals surface area contributed by atoms with Gasteiger partial charge in [-0.2, -0.15) is 0 Å². The molecule has 5 heteroatoms. The number of ether oxygens (including phenoxy) is 1. The largest absolute Gasteiger partial charge is 0.370 e. The maximum Gasteiger partial charge on any atom is 0.236 e. The van der Waals surface area contributed by atoms with Crippen molar-refractivity contribution in [2.45, 2.75) is 25.4 Å². The molecule has 0 saturated carbocycles. The van der Waals surface area contributed by atoms with Gasteiger partial charge in [0.15, 0.2) is 0 Å². The standard InChI is InChI=1S/C17H23ClN2O2/c18-15-6-4-14(5-7-15)16-12-20(10-11-22-16)17(21)13-19-8-2-1-3-9-19/h4-7,16H,1-3,8-13H2/t16-/m0/s1. The van der Waals surface area contributed by atoms with Crippen LogP contribution >= 0.6 is 11.6 Å². The number of benzene rings is 1. The Balaban J connectivity index is 1.57. The number of likely N-dealkylation sites (tertiary alicyclic amines) is 1. The fourth-order valence-electron chi connectivity index (χ4n) is 3.16. The minimum absolute atomic E-state index is 0.0451. The van der Waals surface area contributed by atoms with E-state index in [1.165, 1.54) is 19.3 Å². The lowest BCUT2D eigenvalue weighted by Crippen LogP contribution is -2.47. The second-order valence-corrected chi connectivity index (χ2v) is 6.52. The summed E-state index contributed by atoms with van der Waals surface area (Å²) in [7, 11) is 0. The van der Waals surface area contributed by atoms with Crippen LogP contribution in [0.2, 0.25) is 5.02 Å². The Morgan fingerprint density at radius 2 is 1.86 bits per heavy atom. The summed E-state index contributed by atoms with van der Waals surface area (Å²) in [5, 5.41) is 0.720. The number of morpholine rings is 1. The van der Waals surface area contributed by atoms with Crippen molar-refractivity contribution in [1.29, 1.82) is 0 Å². The molecule has 2 heterocycles. The number of hydrogen-bond donors (Lipinski definition) is 0. The third kappa shape index (κ3) is 4.00. The number of hydrogen-bond acceptors (Lipinski definition) is 3. The Morgan fingerprint density at radius 1 is 1.14 bits per heavy atom. The number of piperidine rings is 1. The first-order chi connectivity index (χ1) is 10.7. The smallest absolute Gasteiger partial charge is 0.236 e. The van der Waals surface area contributed by atoms with E-state index in [0.29, 0.717) is 26.2 Å². The zero-order valence-corrected chi connectivity index (χ0v) is 13.6. The van der Waals surface area contributed by atoms with Gasteiger partial charge in [0.2, 0.25) is 5.91 Å². The first kappa shape index (κ1) is 15.8. The number of halogens is 1. The monoisotopic (exact) mass is 322 g/mol. The Kier molecular flexibility index (Phi) is 5.34. The average Bonchev–Trinajstić information content (AvgIpc) is 2.56. The molecular formula is C17H23ClN2O2. The van der Waals surface area contributed by atoms with Gasteiger partial charge in [0, 0.05) is 11.6 Å². The van der Waals surface area contributed by atoms with Crippen LogP contribution in [0.25, 0.3) is 0 Å². The van der Waals surface area contributed by atoms with E-state index in [1.807, 2.05) is 29.2 Å². The van der Waals surface area contributed by atoms with Crippen molar-refractivity contribution in [2.75, 3.05) is 39.3 Å². The van der Waals surface area contributed by atoms with Crippen LogP contribution in [0.5, 0.6) is 0 Å². The summed E-state index contributed by atoms with van der Waals surface area (Å²) in [4.78, 5) is 16.7. The van der Waals surface area contributed by atoms with Gasteiger partial charge >= 0.3 is 0 Å². The third-order valence-electron chi connectivity index (χ3n) is 4.47. The van der Waals surface area contributed by atoms with Gasteiger partial charge in [-0.3, -0.25) is 9.69 Å². The SMILES string of the molecule is O=C(CN1CCCCC1)N1CCO[C@H](c2ccc(Cl)cc2)C1. The van der Waals surface area contributed by atoms with E-state index in [1.54, 1.807) is 0 Å². The molecule has 120 valence electrons. The van der Waals surface area contributed by atoms with Crippen LogP contribution in [-0.4, -0.2) is 55.0 Å². The van der Waals surface area contributed by atoms with E-state index in [9.17, 15) is 4.79 Å². The molecular weight excluding hydrogens is 300 g/mol. The Morgan fingerprint density at radius 3 is 2.59 bits per heavy atom. The molecule has 0 aliphatic carbocycles. The molecule has 22 heavy (non-hydrogen) atoms. The van der Waals surface area contributed by atoms with Crippen LogP contribution in [-0.2, 0) is 9.53 Å².